The van der Waals surface area contributed by atoms with E-state index < -0.39 is 0 Å². The molecule has 2 aliphatic carbocycles. The van der Waals surface area contributed by atoms with Gasteiger partial charge in [0.1, 0.15) is 11.9 Å². The third-order valence-corrected chi connectivity index (χ3v) is 7.74. The van der Waals surface area contributed by atoms with Gasteiger partial charge < -0.3 is 9.84 Å². The molecule has 31 heavy (non-hydrogen) atoms. The number of aliphatic hydroxyl groups is 1. The van der Waals surface area contributed by atoms with Crippen molar-refractivity contribution in [2.45, 2.75) is 82.5 Å². The fourth-order valence-corrected chi connectivity index (χ4v) is 5.69. The molecule has 2 fully saturated rings. The fourth-order valence-electron chi connectivity index (χ4n) is 5.69. The molecule has 2 unspecified atom stereocenters. The molecule has 0 amide bonds. The topological polar surface area (TPSA) is 41.8 Å². The van der Waals surface area contributed by atoms with Crippen LogP contribution in [0.3, 0.4) is 0 Å². The van der Waals surface area contributed by atoms with Gasteiger partial charge in [-0.3, -0.25) is 4.99 Å². The summed E-state index contributed by atoms with van der Waals surface area (Å²) in [7, 11) is 0. The molecule has 0 aromatic heterocycles. The van der Waals surface area contributed by atoms with E-state index in [0.29, 0.717) is 11.8 Å². The molecular formula is C28H35NO2. The molecule has 164 valence electrons. The molecule has 2 aromatic carbocycles. The second-order valence-corrected chi connectivity index (χ2v) is 10.3. The minimum absolute atomic E-state index is 0.0575. The number of nitrogens with zero attached hydrogens (tertiary/aromatic N) is 1. The highest BCUT2D eigenvalue weighted by atomic mass is 16.5. The van der Waals surface area contributed by atoms with E-state index >= 15 is 0 Å². The molecule has 3 aliphatic rings. The summed E-state index contributed by atoms with van der Waals surface area (Å²) in [5.41, 5.74) is 4.03. The zero-order chi connectivity index (χ0) is 21.4. The largest absolute Gasteiger partial charge is 0.485 e. The van der Waals surface area contributed by atoms with Crippen LogP contribution in [0.5, 0.6) is 5.75 Å². The van der Waals surface area contributed by atoms with Crippen molar-refractivity contribution < 1.29 is 9.84 Å². The zero-order valence-electron chi connectivity index (χ0n) is 18.8. The summed E-state index contributed by atoms with van der Waals surface area (Å²) in [5.74, 6) is 2.68. The first-order chi connectivity index (χ1) is 15.0. The minimum Gasteiger partial charge on any atom is -0.485 e. The molecule has 3 atom stereocenters. The van der Waals surface area contributed by atoms with E-state index in [4.69, 9.17) is 9.73 Å². The second-order valence-electron chi connectivity index (χ2n) is 10.3. The Morgan fingerprint density at radius 2 is 1.84 bits per heavy atom. The van der Waals surface area contributed by atoms with Gasteiger partial charge in [-0.05, 0) is 91.7 Å². The van der Waals surface area contributed by atoms with E-state index in [1.807, 2.05) is 0 Å². The summed E-state index contributed by atoms with van der Waals surface area (Å²) in [6.45, 7) is 4.44. The van der Waals surface area contributed by atoms with E-state index in [0.717, 1.165) is 24.5 Å². The molecule has 3 nitrogen and oxygen atoms in total. The van der Waals surface area contributed by atoms with Crippen LogP contribution in [0.1, 0.15) is 87.5 Å². The molecule has 0 radical (unpaired) electrons. The van der Waals surface area contributed by atoms with Crippen LogP contribution < -0.4 is 4.74 Å². The number of benzene rings is 2. The third-order valence-electron chi connectivity index (χ3n) is 7.74. The maximum Gasteiger partial charge on any atom is 0.126 e. The maximum atomic E-state index is 9.77. The van der Waals surface area contributed by atoms with Crippen LogP contribution in [-0.4, -0.2) is 23.0 Å². The first-order valence-electron chi connectivity index (χ1n) is 12.1. The summed E-state index contributed by atoms with van der Waals surface area (Å²) in [4.78, 5) is 5.03. The Morgan fingerprint density at radius 3 is 2.58 bits per heavy atom. The van der Waals surface area contributed by atoms with Crippen LogP contribution in [-0.2, 0) is 0 Å². The summed E-state index contributed by atoms with van der Waals surface area (Å²) in [5, 5.41) is 9.77. The molecule has 1 N–H and O–H groups in total. The molecule has 0 spiro atoms. The van der Waals surface area contributed by atoms with Crippen LogP contribution in [0.2, 0.25) is 0 Å². The standard InChI is InChI=1S/C28H35NO2/c1-19(2)27(21-6-4-3-5-7-21)31-24-13-10-22-18-29-28(17-26(28)25(22)16-24)15-14-20-8-11-23(30)12-9-20/h3-7,10,13,16,18-20,23,26-27,30H,8-9,11-12,14-15,17H2,1-2H3/t20?,23?,26?,27-,28?/m0/s1. The molecule has 0 saturated heterocycles. The first kappa shape index (κ1) is 20.8. The summed E-state index contributed by atoms with van der Waals surface area (Å²) >= 11 is 0. The number of hydrogen-bond acceptors (Lipinski definition) is 3. The van der Waals surface area contributed by atoms with Crippen molar-refractivity contribution >= 4 is 6.21 Å². The number of fused-ring (bicyclic) bond motifs is 3. The molecule has 0 bridgehead atoms. The minimum atomic E-state index is -0.0633. The van der Waals surface area contributed by atoms with Gasteiger partial charge in [-0.15, -0.1) is 0 Å². The van der Waals surface area contributed by atoms with Crippen LogP contribution in [0, 0.1) is 11.8 Å². The van der Waals surface area contributed by atoms with Crippen LogP contribution >= 0.6 is 0 Å². The van der Waals surface area contributed by atoms with Gasteiger partial charge in [-0.25, -0.2) is 0 Å². The van der Waals surface area contributed by atoms with Gasteiger partial charge in [0.2, 0.25) is 0 Å². The molecule has 3 heteroatoms. The van der Waals surface area contributed by atoms with Crippen LogP contribution in [0.25, 0.3) is 0 Å². The summed E-state index contributed by atoms with van der Waals surface area (Å²) < 4.78 is 6.52. The lowest BCUT2D eigenvalue weighted by molar-refractivity contribution is 0.105. The molecule has 5 rings (SSSR count). The van der Waals surface area contributed by atoms with Crippen LogP contribution in [0.4, 0.5) is 0 Å². The van der Waals surface area contributed by atoms with Crippen molar-refractivity contribution in [2.75, 3.05) is 0 Å². The van der Waals surface area contributed by atoms with Gasteiger partial charge in [0.05, 0.1) is 11.6 Å². The molecule has 2 saturated carbocycles. The van der Waals surface area contributed by atoms with E-state index in [1.54, 1.807) is 0 Å². The maximum absolute atomic E-state index is 9.77. The highest BCUT2D eigenvalue weighted by molar-refractivity contribution is 5.86. The molecular weight excluding hydrogens is 382 g/mol. The zero-order valence-corrected chi connectivity index (χ0v) is 18.8. The SMILES string of the molecule is CC(C)[C@H](Oc1ccc2c(c1)C1CC1(CCC1CCC(O)CC1)N=C2)c1ccccc1. The monoisotopic (exact) mass is 417 g/mol. The highest BCUT2D eigenvalue weighted by Gasteiger charge is 2.56. The van der Waals surface area contributed by atoms with Crippen molar-refractivity contribution in [3.63, 3.8) is 0 Å². The van der Waals surface area contributed by atoms with E-state index in [2.05, 4.69) is 68.6 Å². The summed E-state index contributed by atoms with van der Waals surface area (Å²) in [6, 6.07) is 17.1. The Hall–Kier alpha value is -2.13. The Morgan fingerprint density at radius 1 is 1.06 bits per heavy atom. The average molecular weight is 418 g/mol. The second kappa shape index (κ2) is 8.43. The quantitative estimate of drug-likeness (QED) is 0.562. The van der Waals surface area contributed by atoms with Crippen LogP contribution in [0.15, 0.2) is 53.5 Å². The normalized spacial score (nSPS) is 29.9. The molecule has 2 aromatic rings. The number of hydrogen-bond donors (Lipinski definition) is 1. The van der Waals surface area contributed by atoms with Gasteiger partial charge in [0, 0.05) is 12.1 Å². The van der Waals surface area contributed by atoms with Crippen molar-refractivity contribution in [2.24, 2.45) is 16.8 Å². The predicted octanol–water partition coefficient (Wildman–Crippen LogP) is 6.45. The van der Waals surface area contributed by atoms with Gasteiger partial charge in [-0.1, -0.05) is 44.2 Å². The third kappa shape index (κ3) is 4.30. The lowest BCUT2D eigenvalue weighted by Gasteiger charge is -2.27. The Bertz CT molecular complexity index is 929. The van der Waals surface area contributed by atoms with Crippen molar-refractivity contribution in [3.8, 4) is 5.75 Å². The number of ether oxygens (including phenoxy) is 1. The molecule has 1 aliphatic heterocycles. The smallest absolute Gasteiger partial charge is 0.126 e. The van der Waals surface area contributed by atoms with Gasteiger partial charge in [-0.2, -0.15) is 0 Å². The lowest BCUT2D eigenvalue weighted by atomic mass is 9.83. The Labute approximate surface area is 186 Å². The predicted molar refractivity (Wildman–Crippen MR) is 126 cm³/mol. The van der Waals surface area contributed by atoms with Gasteiger partial charge in [0.15, 0.2) is 0 Å². The molecule has 1 heterocycles. The van der Waals surface area contributed by atoms with Gasteiger partial charge in [0.25, 0.3) is 0 Å². The highest BCUT2D eigenvalue weighted by Crippen LogP contribution is 2.60. The lowest BCUT2D eigenvalue weighted by Crippen LogP contribution is -2.21. The van der Waals surface area contributed by atoms with Crippen molar-refractivity contribution in [3.05, 3.63) is 65.2 Å². The first-order valence-corrected chi connectivity index (χ1v) is 12.1. The Balaban J connectivity index is 1.28. The Kier molecular flexibility index (Phi) is 5.64. The number of aliphatic imine (C=N–C) groups is 1. The van der Waals surface area contributed by atoms with E-state index in [9.17, 15) is 5.11 Å². The van der Waals surface area contributed by atoms with E-state index in [1.165, 1.54) is 48.8 Å². The van der Waals surface area contributed by atoms with Gasteiger partial charge >= 0.3 is 0 Å². The van der Waals surface area contributed by atoms with Crippen molar-refractivity contribution in [1.29, 1.82) is 0 Å². The van der Waals surface area contributed by atoms with E-state index in [-0.39, 0.29) is 17.7 Å². The summed E-state index contributed by atoms with van der Waals surface area (Å²) in [6.07, 6.45) is 10.00. The van der Waals surface area contributed by atoms with Crippen molar-refractivity contribution in [1.82, 2.24) is 0 Å². The number of rotatable bonds is 7. The number of aliphatic hydroxyl groups excluding tert-OH is 1. The average Bonchev–Trinajstić information content (AvgIpc) is 3.53. The fraction of sp³-hybridized carbons (Fsp3) is 0.536.